The number of aromatic amines is 1. The molecule has 11 nitrogen and oxygen atoms in total. The molecule has 4 rings (SSSR count). The van der Waals surface area contributed by atoms with Crippen LogP contribution in [0.4, 0.5) is 17.6 Å². The number of aromatic nitrogens is 6. The second-order valence-electron chi connectivity index (χ2n) is 7.98. The summed E-state index contributed by atoms with van der Waals surface area (Å²) in [5.74, 6) is 2.75. The van der Waals surface area contributed by atoms with Crippen LogP contribution >= 0.6 is 0 Å². The maximum absolute atomic E-state index is 11.9. The number of nitrogens with one attached hydrogen (secondary N) is 4. The monoisotopic (exact) mass is 473 g/mol. The summed E-state index contributed by atoms with van der Waals surface area (Å²) < 4.78 is 5.51. The van der Waals surface area contributed by atoms with E-state index in [0.717, 1.165) is 29.1 Å². The van der Waals surface area contributed by atoms with Gasteiger partial charge in [-0.3, -0.25) is 4.79 Å². The summed E-state index contributed by atoms with van der Waals surface area (Å²) in [6.07, 6.45) is 5.48. The zero-order valence-electron chi connectivity index (χ0n) is 19.7. The van der Waals surface area contributed by atoms with Crippen LogP contribution < -0.4 is 20.7 Å². The van der Waals surface area contributed by atoms with Crippen LogP contribution in [0, 0.1) is 5.92 Å². The molecule has 0 saturated carbocycles. The van der Waals surface area contributed by atoms with Crippen LogP contribution in [-0.2, 0) is 6.42 Å². The fraction of sp³-hybridized carbons (Fsp3) is 0.250. The van der Waals surface area contributed by atoms with Gasteiger partial charge in [0.15, 0.2) is 0 Å². The standard InChI is InChI=1S/C24H27N9O2/c1-15(8-16-4-5-17(23(34)25-2)9-20(16)35-3)11-26-22-10-19(28-13-29-22)18-6-7-21(27-12-18)32-24-30-14-31-33-24/h4-7,9-10,12-15H,8,11H2,1-3H3,(H,25,34)(H,26,28,29)(H2,27,30,31,32,33). The fourth-order valence-electron chi connectivity index (χ4n) is 3.54. The van der Waals surface area contributed by atoms with E-state index in [1.54, 1.807) is 26.4 Å². The number of hydrogen-bond donors (Lipinski definition) is 4. The van der Waals surface area contributed by atoms with Crippen molar-refractivity contribution in [2.75, 3.05) is 31.3 Å². The molecule has 4 N–H and O–H groups in total. The van der Waals surface area contributed by atoms with Crippen molar-refractivity contribution in [3.8, 4) is 17.0 Å². The highest BCUT2D eigenvalue weighted by Crippen LogP contribution is 2.24. The molecular weight excluding hydrogens is 446 g/mol. The van der Waals surface area contributed by atoms with Crippen LogP contribution in [0.3, 0.4) is 0 Å². The smallest absolute Gasteiger partial charge is 0.251 e. The van der Waals surface area contributed by atoms with Crippen molar-refractivity contribution < 1.29 is 9.53 Å². The van der Waals surface area contributed by atoms with Gasteiger partial charge in [-0.1, -0.05) is 13.0 Å². The van der Waals surface area contributed by atoms with Gasteiger partial charge >= 0.3 is 0 Å². The van der Waals surface area contributed by atoms with Crippen molar-refractivity contribution in [2.45, 2.75) is 13.3 Å². The van der Waals surface area contributed by atoms with Gasteiger partial charge in [0.2, 0.25) is 5.95 Å². The zero-order valence-corrected chi connectivity index (χ0v) is 19.7. The van der Waals surface area contributed by atoms with Crippen LogP contribution in [0.2, 0.25) is 0 Å². The van der Waals surface area contributed by atoms with Crippen molar-refractivity contribution >= 4 is 23.5 Å². The lowest BCUT2D eigenvalue weighted by Crippen LogP contribution is -2.18. The van der Waals surface area contributed by atoms with E-state index >= 15 is 0 Å². The molecule has 0 fully saturated rings. The van der Waals surface area contributed by atoms with Crippen molar-refractivity contribution in [3.05, 3.63) is 66.4 Å². The quantitative estimate of drug-likeness (QED) is 0.273. The van der Waals surface area contributed by atoms with Gasteiger partial charge in [0.05, 0.1) is 12.8 Å². The van der Waals surface area contributed by atoms with E-state index in [1.165, 1.54) is 12.7 Å². The molecule has 0 saturated heterocycles. The predicted octanol–water partition coefficient (Wildman–Crippen LogP) is 3.06. The van der Waals surface area contributed by atoms with Gasteiger partial charge in [-0.05, 0) is 42.2 Å². The summed E-state index contributed by atoms with van der Waals surface area (Å²) in [5, 5.41) is 15.6. The number of amides is 1. The molecule has 1 amide bonds. The number of rotatable bonds is 10. The molecule has 1 aromatic carbocycles. The van der Waals surface area contributed by atoms with E-state index in [0.29, 0.717) is 29.6 Å². The first kappa shape index (κ1) is 23.6. The van der Waals surface area contributed by atoms with E-state index in [2.05, 4.69) is 53.0 Å². The van der Waals surface area contributed by atoms with Crippen LogP contribution in [0.5, 0.6) is 5.75 Å². The third-order valence-electron chi connectivity index (χ3n) is 5.36. The molecule has 0 spiro atoms. The van der Waals surface area contributed by atoms with Crippen LogP contribution in [-0.4, -0.2) is 56.7 Å². The predicted molar refractivity (Wildman–Crippen MR) is 133 cm³/mol. The second kappa shape index (κ2) is 11.1. The molecule has 0 radical (unpaired) electrons. The minimum absolute atomic E-state index is 0.139. The molecule has 0 aliphatic carbocycles. The number of carbonyl (C=O) groups is 1. The first-order chi connectivity index (χ1) is 17.1. The van der Waals surface area contributed by atoms with E-state index < -0.39 is 0 Å². The minimum atomic E-state index is -0.139. The fourth-order valence-corrected chi connectivity index (χ4v) is 3.54. The van der Waals surface area contributed by atoms with Gasteiger partial charge in [-0.15, -0.1) is 0 Å². The van der Waals surface area contributed by atoms with E-state index in [4.69, 9.17) is 4.74 Å². The van der Waals surface area contributed by atoms with Gasteiger partial charge in [-0.2, -0.15) is 10.1 Å². The Morgan fingerprint density at radius 2 is 1.94 bits per heavy atom. The molecule has 4 aromatic rings. The topological polar surface area (TPSA) is 143 Å². The third-order valence-corrected chi connectivity index (χ3v) is 5.36. The highest BCUT2D eigenvalue weighted by molar-refractivity contribution is 5.94. The number of pyridine rings is 1. The Morgan fingerprint density at radius 3 is 2.66 bits per heavy atom. The minimum Gasteiger partial charge on any atom is -0.496 e. The number of methoxy groups -OCH3 is 1. The Morgan fingerprint density at radius 1 is 1.06 bits per heavy atom. The van der Waals surface area contributed by atoms with Crippen LogP contribution in [0.25, 0.3) is 11.3 Å². The summed E-state index contributed by atoms with van der Waals surface area (Å²) in [7, 11) is 3.22. The molecule has 1 atom stereocenters. The van der Waals surface area contributed by atoms with Crippen molar-refractivity contribution in [1.29, 1.82) is 0 Å². The average Bonchev–Trinajstić information content (AvgIpc) is 3.41. The van der Waals surface area contributed by atoms with Crippen molar-refractivity contribution in [3.63, 3.8) is 0 Å². The zero-order chi connectivity index (χ0) is 24.6. The van der Waals surface area contributed by atoms with Crippen LogP contribution in [0.1, 0.15) is 22.8 Å². The Kier molecular flexibility index (Phi) is 7.46. The Balaban J connectivity index is 1.36. The first-order valence-electron chi connectivity index (χ1n) is 11.1. The number of anilines is 3. The molecule has 0 aliphatic heterocycles. The van der Waals surface area contributed by atoms with Crippen LogP contribution in [0.15, 0.2) is 55.2 Å². The third kappa shape index (κ3) is 6.08. The molecule has 11 heteroatoms. The molecule has 1 unspecified atom stereocenters. The van der Waals surface area contributed by atoms with Gasteiger partial charge in [0, 0.05) is 37.0 Å². The molecular formula is C24H27N9O2. The van der Waals surface area contributed by atoms with Gasteiger partial charge in [0.25, 0.3) is 5.91 Å². The lowest BCUT2D eigenvalue weighted by Gasteiger charge is -2.16. The van der Waals surface area contributed by atoms with E-state index in [-0.39, 0.29) is 11.8 Å². The Labute approximate surface area is 202 Å². The maximum Gasteiger partial charge on any atom is 0.251 e. The number of carbonyl (C=O) groups excluding carboxylic acids is 1. The Bertz CT molecular complexity index is 1260. The molecule has 3 aromatic heterocycles. The largest absolute Gasteiger partial charge is 0.496 e. The number of benzene rings is 1. The summed E-state index contributed by atoms with van der Waals surface area (Å²) in [4.78, 5) is 29.0. The number of nitrogens with zero attached hydrogens (tertiary/aromatic N) is 5. The van der Waals surface area contributed by atoms with Gasteiger partial charge in [0.1, 0.15) is 30.0 Å². The van der Waals surface area contributed by atoms with Gasteiger partial charge < -0.3 is 20.7 Å². The molecule has 0 aliphatic rings. The van der Waals surface area contributed by atoms with Gasteiger partial charge in [-0.25, -0.2) is 20.1 Å². The maximum atomic E-state index is 11.9. The van der Waals surface area contributed by atoms with Crippen molar-refractivity contribution in [1.82, 2.24) is 35.5 Å². The number of hydrogen-bond acceptors (Lipinski definition) is 9. The summed E-state index contributed by atoms with van der Waals surface area (Å²) in [6.45, 7) is 2.85. The highest BCUT2D eigenvalue weighted by atomic mass is 16.5. The number of H-pyrrole nitrogens is 1. The first-order valence-corrected chi connectivity index (χ1v) is 11.1. The molecule has 35 heavy (non-hydrogen) atoms. The molecule has 0 bridgehead atoms. The van der Waals surface area contributed by atoms with E-state index in [9.17, 15) is 4.79 Å². The normalized spacial score (nSPS) is 11.5. The lowest BCUT2D eigenvalue weighted by molar-refractivity contribution is 0.0962. The summed E-state index contributed by atoms with van der Waals surface area (Å²) in [6, 6.07) is 11.2. The second-order valence-corrected chi connectivity index (χ2v) is 7.98. The van der Waals surface area contributed by atoms with E-state index in [1.807, 2.05) is 30.3 Å². The Hall–Kier alpha value is -4.54. The number of ether oxygens (including phenoxy) is 1. The highest BCUT2D eigenvalue weighted by Gasteiger charge is 2.13. The average molecular weight is 474 g/mol. The SMILES string of the molecule is CNC(=O)c1ccc(CC(C)CNc2cc(-c3ccc(Nc4ncn[nH]4)nc3)ncn2)c(OC)c1. The molecule has 3 heterocycles. The summed E-state index contributed by atoms with van der Waals surface area (Å²) in [5.41, 5.74) is 3.25. The summed E-state index contributed by atoms with van der Waals surface area (Å²) >= 11 is 0. The molecule has 180 valence electrons. The lowest BCUT2D eigenvalue weighted by atomic mass is 9.98. The van der Waals surface area contributed by atoms with Crippen molar-refractivity contribution in [2.24, 2.45) is 5.92 Å².